The van der Waals surface area contributed by atoms with E-state index in [4.69, 9.17) is 15.2 Å². The summed E-state index contributed by atoms with van der Waals surface area (Å²) in [6, 6.07) is 4.58. The third kappa shape index (κ3) is 9.47. The second-order valence-electron chi connectivity index (χ2n) is 5.87. The summed E-state index contributed by atoms with van der Waals surface area (Å²) in [6.07, 6.45) is -3.42. The molecule has 1 heterocycles. The van der Waals surface area contributed by atoms with E-state index in [1.165, 1.54) is 12.1 Å². The molecule has 6 nitrogen and oxygen atoms in total. The highest BCUT2D eigenvalue weighted by Crippen LogP contribution is 2.30. The number of nitrogens with two attached hydrogens (primary N) is 1. The number of nitrogens with zero attached hydrogens (tertiary/aromatic N) is 2. The molecule has 1 aliphatic heterocycles. The molecule has 3 N–H and O–H groups in total. The van der Waals surface area contributed by atoms with Crippen LogP contribution in [0.3, 0.4) is 0 Å². The molecule has 0 unspecified atom stereocenters. The molecular weight excluding hydrogens is 476 g/mol. The van der Waals surface area contributed by atoms with E-state index in [1.807, 2.05) is 0 Å². The van der Waals surface area contributed by atoms with Gasteiger partial charge >= 0.3 is 6.18 Å². The summed E-state index contributed by atoms with van der Waals surface area (Å²) in [5.41, 5.74) is 5.07. The molecule has 0 spiro atoms. The first-order chi connectivity index (χ1) is 12.4. The van der Waals surface area contributed by atoms with Crippen molar-refractivity contribution in [3.05, 3.63) is 29.8 Å². The van der Waals surface area contributed by atoms with Crippen molar-refractivity contribution in [3.63, 3.8) is 0 Å². The molecule has 154 valence electrons. The van der Waals surface area contributed by atoms with Crippen molar-refractivity contribution in [3.8, 4) is 5.75 Å². The van der Waals surface area contributed by atoms with Gasteiger partial charge in [0.25, 0.3) is 0 Å². The zero-order valence-electron chi connectivity index (χ0n) is 15.0. The predicted octanol–water partition coefficient (Wildman–Crippen LogP) is 2.33. The molecule has 0 bridgehead atoms. The number of halogens is 4. The highest BCUT2D eigenvalue weighted by Gasteiger charge is 2.29. The average molecular weight is 502 g/mol. The van der Waals surface area contributed by atoms with Crippen LogP contribution in [0.2, 0.25) is 0 Å². The molecule has 0 aromatic heterocycles. The minimum Gasteiger partial charge on any atom is -0.492 e. The summed E-state index contributed by atoms with van der Waals surface area (Å²) in [7, 11) is 0. The Kier molecular flexibility index (Phi) is 10.8. The van der Waals surface area contributed by atoms with E-state index in [2.05, 4.69) is 15.2 Å². The second kappa shape index (κ2) is 12.2. The fourth-order valence-electron chi connectivity index (χ4n) is 2.46. The van der Waals surface area contributed by atoms with E-state index in [9.17, 15) is 13.2 Å². The lowest BCUT2D eigenvalue weighted by atomic mass is 10.2. The highest BCUT2D eigenvalue weighted by molar-refractivity contribution is 14.0. The second-order valence-corrected chi connectivity index (χ2v) is 5.87. The number of rotatable bonds is 8. The first-order valence-corrected chi connectivity index (χ1v) is 8.59. The van der Waals surface area contributed by atoms with Gasteiger partial charge in [-0.25, -0.2) is 0 Å². The van der Waals surface area contributed by atoms with E-state index in [1.54, 1.807) is 0 Å². The van der Waals surface area contributed by atoms with Crippen molar-refractivity contribution in [2.45, 2.75) is 12.6 Å². The molecule has 0 aliphatic carbocycles. The lowest BCUT2D eigenvalue weighted by Crippen LogP contribution is -2.37. The smallest absolute Gasteiger partial charge is 0.416 e. The number of ether oxygens (including phenoxy) is 2. The van der Waals surface area contributed by atoms with Crippen molar-refractivity contribution in [1.29, 1.82) is 0 Å². The van der Waals surface area contributed by atoms with E-state index in [-0.39, 0.29) is 30.6 Å². The molecule has 0 saturated carbocycles. The highest BCUT2D eigenvalue weighted by atomic mass is 127. The quantitative estimate of drug-likeness (QED) is 0.247. The van der Waals surface area contributed by atoms with E-state index in [0.29, 0.717) is 24.8 Å². The molecular formula is C17H26F3IN4O2. The molecule has 2 rings (SSSR count). The lowest BCUT2D eigenvalue weighted by Gasteiger charge is -2.26. The normalized spacial score (nSPS) is 15.9. The monoisotopic (exact) mass is 502 g/mol. The number of alkyl halides is 3. The van der Waals surface area contributed by atoms with Crippen LogP contribution in [0.4, 0.5) is 13.2 Å². The topological polar surface area (TPSA) is 72.1 Å². The van der Waals surface area contributed by atoms with E-state index < -0.39 is 11.7 Å². The molecule has 1 fully saturated rings. The fourth-order valence-corrected chi connectivity index (χ4v) is 2.46. The Balaban J connectivity index is 0.00000364. The van der Waals surface area contributed by atoms with Crippen LogP contribution in [0.25, 0.3) is 0 Å². The predicted molar refractivity (Wildman–Crippen MR) is 109 cm³/mol. The molecule has 1 aromatic carbocycles. The number of morpholine rings is 1. The summed E-state index contributed by atoms with van der Waals surface area (Å²) in [6.45, 7) is 5.78. The Hall–Kier alpha value is -1.27. The first kappa shape index (κ1) is 23.8. The van der Waals surface area contributed by atoms with Crippen LogP contribution in [-0.2, 0) is 10.9 Å². The van der Waals surface area contributed by atoms with Gasteiger partial charge in [-0.15, -0.1) is 24.0 Å². The van der Waals surface area contributed by atoms with Gasteiger partial charge in [0.15, 0.2) is 5.96 Å². The minimum absolute atomic E-state index is 0. The van der Waals surface area contributed by atoms with Crippen LogP contribution >= 0.6 is 24.0 Å². The lowest BCUT2D eigenvalue weighted by molar-refractivity contribution is -0.137. The Morgan fingerprint density at radius 2 is 1.89 bits per heavy atom. The zero-order valence-corrected chi connectivity index (χ0v) is 17.3. The third-order valence-corrected chi connectivity index (χ3v) is 3.88. The van der Waals surface area contributed by atoms with Crippen molar-refractivity contribution in [2.75, 3.05) is 52.5 Å². The van der Waals surface area contributed by atoms with Crippen LogP contribution in [0, 0.1) is 0 Å². The van der Waals surface area contributed by atoms with Crippen molar-refractivity contribution in [1.82, 2.24) is 10.2 Å². The summed E-state index contributed by atoms with van der Waals surface area (Å²) in [5, 5.41) is 2.92. The zero-order chi connectivity index (χ0) is 18.8. The third-order valence-electron chi connectivity index (χ3n) is 3.88. The van der Waals surface area contributed by atoms with Gasteiger partial charge in [0.05, 0.1) is 25.3 Å². The SMILES string of the molecule is I.NC(=NCCCN1CCOCC1)NCCOc1ccc(C(F)(F)F)cc1. The Morgan fingerprint density at radius 1 is 1.22 bits per heavy atom. The number of guanidine groups is 1. The van der Waals surface area contributed by atoms with Crippen LogP contribution < -0.4 is 15.8 Å². The summed E-state index contributed by atoms with van der Waals surface area (Å²) in [5.74, 6) is 0.712. The van der Waals surface area contributed by atoms with Gasteiger partial charge < -0.3 is 20.5 Å². The number of aliphatic imine (C=N–C) groups is 1. The van der Waals surface area contributed by atoms with Crippen LogP contribution in [0.1, 0.15) is 12.0 Å². The fraction of sp³-hybridized carbons (Fsp3) is 0.588. The Labute approximate surface area is 174 Å². The maximum Gasteiger partial charge on any atom is 0.416 e. The number of nitrogens with one attached hydrogen (secondary N) is 1. The average Bonchev–Trinajstić information content (AvgIpc) is 2.63. The van der Waals surface area contributed by atoms with Gasteiger partial charge in [-0.3, -0.25) is 9.89 Å². The summed E-state index contributed by atoms with van der Waals surface area (Å²) >= 11 is 0. The van der Waals surface area contributed by atoms with Crippen LogP contribution in [0.5, 0.6) is 5.75 Å². The van der Waals surface area contributed by atoms with Gasteiger partial charge in [0.1, 0.15) is 12.4 Å². The van der Waals surface area contributed by atoms with Crippen LogP contribution in [0.15, 0.2) is 29.3 Å². The molecule has 27 heavy (non-hydrogen) atoms. The summed E-state index contributed by atoms with van der Waals surface area (Å²) in [4.78, 5) is 6.57. The molecule has 1 aromatic rings. The largest absolute Gasteiger partial charge is 0.492 e. The van der Waals surface area contributed by atoms with Gasteiger partial charge in [0.2, 0.25) is 0 Å². The first-order valence-electron chi connectivity index (χ1n) is 8.59. The Morgan fingerprint density at radius 3 is 2.52 bits per heavy atom. The van der Waals surface area contributed by atoms with E-state index in [0.717, 1.165) is 51.4 Å². The summed E-state index contributed by atoms with van der Waals surface area (Å²) < 4.78 is 48.0. The van der Waals surface area contributed by atoms with Gasteiger partial charge in [-0.2, -0.15) is 13.2 Å². The molecule has 1 aliphatic rings. The van der Waals surface area contributed by atoms with Gasteiger partial charge in [0, 0.05) is 26.2 Å². The molecule has 0 radical (unpaired) electrons. The minimum atomic E-state index is -4.34. The van der Waals surface area contributed by atoms with Gasteiger partial charge in [-0.1, -0.05) is 0 Å². The molecule has 10 heteroatoms. The standard InChI is InChI=1S/C17H25F3N4O2.HI/c18-17(19,20)14-2-4-15(5-3-14)26-11-7-23-16(21)22-6-1-8-24-9-12-25-13-10-24;/h2-5H,1,6-13H2,(H3,21,22,23);1H. The maximum atomic E-state index is 12.5. The maximum absolute atomic E-state index is 12.5. The number of hydrogen-bond acceptors (Lipinski definition) is 4. The van der Waals surface area contributed by atoms with Gasteiger partial charge in [-0.05, 0) is 30.7 Å². The molecule has 0 atom stereocenters. The van der Waals surface area contributed by atoms with E-state index >= 15 is 0 Å². The number of hydrogen-bond donors (Lipinski definition) is 2. The Bertz CT molecular complexity index is 564. The van der Waals surface area contributed by atoms with Crippen molar-refractivity contribution >= 4 is 29.9 Å². The van der Waals surface area contributed by atoms with Crippen molar-refractivity contribution in [2.24, 2.45) is 10.7 Å². The van der Waals surface area contributed by atoms with Crippen LogP contribution in [-0.4, -0.2) is 63.4 Å². The molecule has 1 saturated heterocycles. The van der Waals surface area contributed by atoms with Crippen molar-refractivity contribution < 1.29 is 22.6 Å². The molecule has 0 amide bonds. The number of benzene rings is 1.